The molecule has 1 aromatic rings. The van der Waals surface area contributed by atoms with Crippen molar-refractivity contribution in [2.24, 2.45) is 0 Å². The Morgan fingerprint density at radius 1 is 1.39 bits per heavy atom. The lowest BCUT2D eigenvalue weighted by molar-refractivity contribution is -0.0624. The number of nitrogens with zero attached hydrogens (tertiary/aromatic N) is 1. The first kappa shape index (κ1) is 13.1. The third kappa shape index (κ3) is 2.72. The van der Waals surface area contributed by atoms with Gasteiger partial charge in [0.1, 0.15) is 17.2 Å². The maximum Gasteiger partial charge on any atom is 0.253 e. The van der Waals surface area contributed by atoms with Crippen molar-refractivity contribution in [3.63, 3.8) is 0 Å². The van der Waals surface area contributed by atoms with Gasteiger partial charge in [-0.1, -0.05) is 25.7 Å². The molecule has 2 rings (SSSR count). The predicted molar refractivity (Wildman–Crippen MR) is 70.3 cm³/mol. The van der Waals surface area contributed by atoms with Crippen molar-refractivity contribution in [2.45, 2.75) is 51.0 Å². The fourth-order valence-corrected chi connectivity index (χ4v) is 2.72. The van der Waals surface area contributed by atoms with E-state index >= 15 is 0 Å². The summed E-state index contributed by atoms with van der Waals surface area (Å²) in [6, 6.07) is 1.31. The lowest BCUT2D eigenvalue weighted by atomic mass is 9.93. The van der Waals surface area contributed by atoms with Crippen LogP contribution in [0, 0.1) is 0 Å². The van der Waals surface area contributed by atoms with Gasteiger partial charge in [-0.05, 0) is 19.8 Å². The number of rotatable bonds is 3. The summed E-state index contributed by atoms with van der Waals surface area (Å²) in [5.74, 6) is 0.855. The molecule has 0 saturated heterocycles. The average Bonchev–Trinajstić information content (AvgIpc) is 2.55. The first-order valence-electron chi connectivity index (χ1n) is 6.67. The highest BCUT2D eigenvalue weighted by atomic mass is 16.5. The van der Waals surface area contributed by atoms with Crippen LogP contribution in [0.1, 0.15) is 51.3 Å². The minimum Gasteiger partial charge on any atom is -0.383 e. The van der Waals surface area contributed by atoms with E-state index in [4.69, 9.17) is 10.5 Å². The molecule has 1 saturated carbocycles. The normalized spacial score (nSPS) is 19.4. The highest BCUT2D eigenvalue weighted by Gasteiger charge is 2.36. The summed E-state index contributed by atoms with van der Waals surface area (Å²) in [4.78, 5) is 18.6. The van der Waals surface area contributed by atoms with Gasteiger partial charge in [0.25, 0.3) is 5.56 Å². The van der Waals surface area contributed by atoms with Crippen molar-refractivity contribution in [1.82, 2.24) is 9.97 Å². The summed E-state index contributed by atoms with van der Waals surface area (Å²) < 4.78 is 5.96. The highest BCUT2D eigenvalue weighted by Crippen LogP contribution is 2.37. The van der Waals surface area contributed by atoms with Crippen LogP contribution in [-0.4, -0.2) is 16.6 Å². The quantitative estimate of drug-likeness (QED) is 0.804. The molecule has 0 aliphatic heterocycles. The Morgan fingerprint density at radius 2 is 2.06 bits per heavy atom. The third-order valence-corrected chi connectivity index (χ3v) is 3.52. The Bertz CT molecular complexity index is 448. The van der Waals surface area contributed by atoms with Crippen LogP contribution in [0.3, 0.4) is 0 Å². The summed E-state index contributed by atoms with van der Waals surface area (Å²) in [5.41, 5.74) is 5.01. The van der Waals surface area contributed by atoms with Crippen molar-refractivity contribution in [3.05, 3.63) is 22.2 Å². The van der Waals surface area contributed by atoms with Gasteiger partial charge in [0, 0.05) is 12.7 Å². The molecule has 18 heavy (non-hydrogen) atoms. The minimum atomic E-state index is -0.459. The van der Waals surface area contributed by atoms with Gasteiger partial charge in [0.15, 0.2) is 0 Å². The number of aromatic nitrogens is 2. The molecule has 100 valence electrons. The van der Waals surface area contributed by atoms with Crippen LogP contribution in [-0.2, 0) is 10.3 Å². The van der Waals surface area contributed by atoms with Crippen molar-refractivity contribution >= 4 is 5.82 Å². The summed E-state index contributed by atoms with van der Waals surface area (Å²) in [6.45, 7) is 2.58. The SMILES string of the molecule is CCOC1(c2nc(N)cc(=O)[nH]2)CCCCCC1. The minimum absolute atomic E-state index is 0.208. The molecular formula is C13H21N3O2. The van der Waals surface area contributed by atoms with E-state index in [0.29, 0.717) is 12.4 Å². The summed E-state index contributed by atoms with van der Waals surface area (Å²) >= 11 is 0. The molecule has 1 aromatic heterocycles. The number of nitrogen functional groups attached to an aromatic ring is 1. The molecule has 3 N–H and O–H groups in total. The lowest BCUT2D eigenvalue weighted by Crippen LogP contribution is -2.34. The van der Waals surface area contributed by atoms with E-state index in [1.54, 1.807) is 0 Å². The smallest absolute Gasteiger partial charge is 0.253 e. The van der Waals surface area contributed by atoms with E-state index in [1.165, 1.54) is 18.9 Å². The van der Waals surface area contributed by atoms with Gasteiger partial charge >= 0.3 is 0 Å². The fourth-order valence-electron chi connectivity index (χ4n) is 2.72. The molecule has 0 bridgehead atoms. The van der Waals surface area contributed by atoms with E-state index in [9.17, 15) is 4.79 Å². The first-order chi connectivity index (χ1) is 8.66. The van der Waals surface area contributed by atoms with E-state index in [-0.39, 0.29) is 11.4 Å². The topological polar surface area (TPSA) is 81.0 Å². The number of nitrogens with one attached hydrogen (secondary N) is 1. The number of ether oxygens (including phenoxy) is 1. The largest absolute Gasteiger partial charge is 0.383 e. The van der Waals surface area contributed by atoms with Gasteiger partial charge in [0.05, 0.1) is 0 Å². The van der Waals surface area contributed by atoms with Gasteiger partial charge in [-0.25, -0.2) is 4.98 Å². The van der Waals surface area contributed by atoms with Crippen LogP contribution in [0.15, 0.2) is 10.9 Å². The number of aromatic amines is 1. The monoisotopic (exact) mass is 251 g/mol. The maximum absolute atomic E-state index is 11.6. The number of hydrogen-bond donors (Lipinski definition) is 2. The van der Waals surface area contributed by atoms with Crippen molar-refractivity contribution in [3.8, 4) is 0 Å². The molecule has 1 aliphatic rings. The Hall–Kier alpha value is -1.36. The van der Waals surface area contributed by atoms with Crippen LogP contribution in [0.2, 0.25) is 0 Å². The second-order valence-electron chi connectivity index (χ2n) is 4.86. The lowest BCUT2D eigenvalue weighted by Gasteiger charge is -2.31. The van der Waals surface area contributed by atoms with Crippen molar-refractivity contribution < 1.29 is 4.74 Å². The van der Waals surface area contributed by atoms with Crippen molar-refractivity contribution in [1.29, 1.82) is 0 Å². The number of hydrogen-bond acceptors (Lipinski definition) is 4. The van der Waals surface area contributed by atoms with Crippen LogP contribution in [0.25, 0.3) is 0 Å². The predicted octanol–water partition coefficient (Wildman–Crippen LogP) is 1.94. The zero-order valence-electron chi connectivity index (χ0n) is 10.9. The van der Waals surface area contributed by atoms with Crippen LogP contribution in [0.5, 0.6) is 0 Å². The summed E-state index contributed by atoms with van der Waals surface area (Å²) in [6.07, 6.45) is 6.40. The third-order valence-electron chi connectivity index (χ3n) is 3.52. The van der Waals surface area contributed by atoms with Crippen LogP contribution < -0.4 is 11.3 Å². The van der Waals surface area contributed by atoms with Crippen molar-refractivity contribution in [2.75, 3.05) is 12.3 Å². The highest BCUT2D eigenvalue weighted by molar-refractivity contribution is 5.26. The number of H-pyrrole nitrogens is 1. The van der Waals surface area contributed by atoms with E-state index in [0.717, 1.165) is 25.7 Å². The van der Waals surface area contributed by atoms with E-state index in [2.05, 4.69) is 9.97 Å². The molecule has 0 radical (unpaired) electrons. The number of anilines is 1. The summed E-state index contributed by atoms with van der Waals surface area (Å²) in [7, 11) is 0. The second-order valence-corrected chi connectivity index (χ2v) is 4.86. The molecule has 1 fully saturated rings. The maximum atomic E-state index is 11.6. The molecule has 0 spiro atoms. The molecule has 0 atom stereocenters. The van der Waals surface area contributed by atoms with Gasteiger partial charge in [-0.3, -0.25) is 4.79 Å². The summed E-state index contributed by atoms with van der Waals surface area (Å²) in [5, 5.41) is 0. The molecule has 0 amide bonds. The fraction of sp³-hybridized carbons (Fsp3) is 0.692. The molecular weight excluding hydrogens is 230 g/mol. The molecule has 1 heterocycles. The first-order valence-corrected chi connectivity index (χ1v) is 6.67. The van der Waals surface area contributed by atoms with Gasteiger partial charge in [-0.15, -0.1) is 0 Å². The zero-order chi connectivity index (χ0) is 13.0. The molecule has 5 heteroatoms. The average molecular weight is 251 g/mol. The second kappa shape index (κ2) is 5.52. The molecule has 5 nitrogen and oxygen atoms in total. The molecule has 0 aromatic carbocycles. The van der Waals surface area contributed by atoms with Gasteiger partial charge in [-0.2, -0.15) is 0 Å². The molecule has 1 aliphatic carbocycles. The number of nitrogens with two attached hydrogens (primary N) is 1. The Balaban J connectivity index is 2.41. The Labute approximate surface area is 107 Å². The van der Waals surface area contributed by atoms with Gasteiger partial charge < -0.3 is 15.5 Å². The molecule has 0 unspecified atom stereocenters. The van der Waals surface area contributed by atoms with Gasteiger partial charge in [0.2, 0.25) is 0 Å². The van der Waals surface area contributed by atoms with E-state index < -0.39 is 5.60 Å². The van der Waals surface area contributed by atoms with E-state index in [1.807, 2.05) is 6.92 Å². The van der Waals surface area contributed by atoms with Crippen LogP contribution in [0.4, 0.5) is 5.82 Å². The zero-order valence-corrected chi connectivity index (χ0v) is 10.9. The Morgan fingerprint density at radius 3 is 2.61 bits per heavy atom. The standard InChI is InChI=1S/C13H21N3O2/c1-2-18-13(7-5-3-4-6-8-13)12-15-10(14)9-11(17)16-12/h9H,2-8H2,1H3,(H3,14,15,16,17). The van der Waals surface area contributed by atoms with Crippen LogP contribution >= 0.6 is 0 Å². The Kier molecular flexibility index (Phi) is 4.01.